The molecule has 7 nitrogen and oxygen atoms in total. The van der Waals surface area contributed by atoms with Crippen LogP contribution in [0, 0.1) is 23.2 Å². The van der Waals surface area contributed by atoms with Crippen LogP contribution in [0.4, 0.5) is 19.0 Å². The molecule has 1 aromatic rings. The number of hydrogen-bond donors (Lipinski definition) is 2. The number of amides is 2. The third-order valence-electron chi connectivity index (χ3n) is 8.95. The number of pyridine rings is 1. The van der Waals surface area contributed by atoms with E-state index in [1.54, 1.807) is 0 Å². The first-order valence-corrected chi connectivity index (χ1v) is 12.7. The second kappa shape index (κ2) is 8.64. The van der Waals surface area contributed by atoms with Crippen molar-refractivity contribution in [1.82, 2.24) is 15.2 Å². The molecule has 0 spiro atoms. The van der Waals surface area contributed by atoms with Crippen LogP contribution in [-0.4, -0.2) is 53.5 Å². The Labute approximate surface area is 203 Å². The van der Waals surface area contributed by atoms with Crippen molar-refractivity contribution in [3.05, 3.63) is 23.9 Å². The Morgan fingerprint density at radius 2 is 1.77 bits per heavy atom. The Morgan fingerprint density at radius 3 is 2.29 bits per heavy atom. The van der Waals surface area contributed by atoms with Crippen molar-refractivity contribution >= 4 is 17.6 Å². The van der Waals surface area contributed by atoms with Gasteiger partial charge in [-0.1, -0.05) is 6.92 Å². The lowest BCUT2D eigenvalue weighted by Gasteiger charge is -2.69. The van der Waals surface area contributed by atoms with Gasteiger partial charge < -0.3 is 16.0 Å². The van der Waals surface area contributed by atoms with Gasteiger partial charge in [0.05, 0.1) is 11.0 Å². The first kappa shape index (κ1) is 24.3. The molecule has 3 unspecified atom stereocenters. The zero-order valence-electron chi connectivity index (χ0n) is 20.1. The van der Waals surface area contributed by atoms with E-state index in [-0.39, 0.29) is 17.7 Å². The number of rotatable bonds is 6. The Bertz CT molecular complexity index is 962. The van der Waals surface area contributed by atoms with Crippen LogP contribution >= 0.6 is 0 Å². The predicted octanol–water partition coefficient (Wildman–Crippen LogP) is 3.15. The average Bonchev–Trinajstić information content (AvgIpc) is 2.81. The van der Waals surface area contributed by atoms with Gasteiger partial charge in [0.2, 0.25) is 11.8 Å². The normalized spacial score (nSPS) is 34.7. The third-order valence-corrected chi connectivity index (χ3v) is 8.95. The van der Waals surface area contributed by atoms with Gasteiger partial charge in [-0.3, -0.25) is 14.5 Å². The second-order valence-electron chi connectivity index (χ2n) is 10.9. The predicted molar refractivity (Wildman–Crippen MR) is 124 cm³/mol. The van der Waals surface area contributed by atoms with Gasteiger partial charge in [-0.05, 0) is 68.4 Å². The lowest BCUT2D eigenvalue weighted by molar-refractivity contribution is -0.211. The van der Waals surface area contributed by atoms with E-state index < -0.39 is 22.8 Å². The van der Waals surface area contributed by atoms with Crippen LogP contribution in [0.5, 0.6) is 0 Å². The molecule has 1 aliphatic heterocycles. The molecule has 2 heterocycles. The van der Waals surface area contributed by atoms with Gasteiger partial charge in [0.15, 0.2) is 0 Å². The van der Waals surface area contributed by atoms with Gasteiger partial charge in [-0.25, -0.2) is 4.98 Å². The summed E-state index contributed by atoms with van der Waals surface area (Å²) in [7, 11) is 0. The number of primary amides is 1. The summed E-state index contributed by atoms with van der Waals surface area (Å²) in [5.41, 5.74) is 3.79. The number of carbonyl (C=O) groups excluding carboxylic acids is 2. The number of hydrogen-bond acceptors (Lipinski definition) is 5. The summed E-state index contributed by atoms with van der Waals surface area (Å²) in [6.07, 6.45) is 2.09. The first-order valence-electron chi connectivity index (χ1n) is 12.7. The van der Waals surface area contributed by atoms with Crippen molar-refractivity contribution in [1.29, 1.82) is 0 Å². The molecule has 4 aliphatic carbocycles. The summed E-state index contributed by atoms with van der Waals surface area (Å²) in [6.45, 7) is 4.17. The van der Waals surface area contributed by atoms with Gasteiger partial charge in [-0.2, -0.15) is 13.2 Å². The molecule has 5 fully saturated rings. The van der Waals surface area contributed by atoms with Crippen LogP contribution in [0.25, 0.3) is 0 Å². The summed E-state index contributed by atoms with van der Waals surface area (Å²) >= 11 is 0. The van der Waals surface area contributed by atoms with E-state index in [0.717, 1.165) is 37.9 Å². The number of aromatic nitrogens is 1. The van der Waals surface area contributed by atoms with E-state index in [1.165, 1.54) is 6.07 Å². The molecule has 3 atom stereocenters. The second-order valence-corrected chi connectivity index (χ2v) is 10.9. The number of alkyl halides is 3. The first-order chi connectivity index (χ1) is 16.6. The van der Waals surface area contributed by atoms with E-state index in [1.807, 2.05) is 11.8 Å². The number of nitrogens with zero attached hydrogens (tertiary/aromatic N) is 3. The molecule has 2 amide bonds. The highest BCUT2D eigenvalue weighted by atomic mass is 19.4. The van der Waals surface area contributed by atoms with Crippen LogP contribution in [0.1, 0.15) is 57.4 Å². The molecule has 4 bridgehead atoms. The van der Waals surface area contributed by atoms with Gasteiger partial charge in [0, 0.05) is 38.8 Å². The average molecular weight is 494 g/mol. The monoisotopic (exact) mass is 493 g/mol. The molecule has 0 aromatic carbocycles. The number of carbonyl (C=O) groups is 2. The Balaban J connectivity index is 1.42. The van der Waals surface area contributed by atoms with Crippen molar-refractivity contribution in [3.63, 3.8) is 0 Å². The molecular weight excluding hydrogens is 459 g/mol. The van der Waals surface area contributed by atoms with Crippen LogP contribution in [-0.2, 0) is 15.8 Å². The topological polar surface area (TPSA) is 91.6 Å². The van der Waals surface area contributed by atoms with Crippen LogP contribution in [0.15, 0.2) is 18.3 Å². The highest BCUT2D eigenvalue weighted by molar-refractivity contribution is 5.85. The molecule has 6 rings (SSSR count). The number of piperazine rings is 1. The number of anilines is 1. The molecular formula is C25H34F3N5O2. The van der Waals surface area contributed by atoms with Crippen molar-refractivity contribution in [2.75, 3.05) is 31.1 Å². The highest BCUT2D eigenvalue weighted by Gasteiger charge is 2.70. The summed E-state index contributed by atoms with van der Waals surface area (Å²) in [5, 5.41) is 3.37. The van der Waals surface area contributed by atoms with E-state index in [9.17, 15) is 22.8 Å². The maximum Gasteiger partial charge on any atom is 0.417 e. The minimum Gasteiger partial charge on any atom is -0.369 e. The molecule has 3 N–H and O–H groups in total. The van der Waals surface area contributed by atoms with Gasteiger partial charge in [0.1, 0.15) is 11.5 Å². The van der Waals surface area contributed by atoms with Crippen LogP contribution < -0.4 is 16.0 Å². The third kappa shape index (κ3) is 3.88. The fraction of sp³-hybridized carbons (Fsp3) is 0.720. The van der Waals surface area contributed by atoms with E-state index in [2.05, 4.69) is 15.2 Å². The Hall–Kier alpha value is -2.36. The summed E-state index contributed by atoms with van der Waals surface area (Å²) < 4.78 is 38.8. The van der Waals surface area contributed by atoms with E-state index in [0.29, 0.717) is 63.1 Å². The number of nitrogens with two attached hydrogens (primary N) is 1. The molecule has 35 heavy (non-hydrogen) atoms. The zero-order chi connectivity index (χ0) is 25.0. The van der Waals surface area contributed by atoms with Gasteiger partial charge >= 0.3 is 6.18 Å². The zero-order valence-corrected chi connectivity index (χ0v) is 20.1. The maximum atomic E-state index is 13.2. The van der Waals surface area contributed by atoms with Crippen molar-refractivity contribution in [3.8, 4) is 0 Å². The molecule has 5 aliphatic rings. The largest absolute Gasteiger partial charge is 0.417 e. The Morgan fingerprint density at radius 1 is 1.11 bits per heavy atom. The number of halogens is 3. The molecule has 10 heteroatoms. The molecule has 1 aromatic heterocycles. The van der Waals surface area contributed by atoms with Crippen molar-refractivity contribution in [2.45, 2.75) is 63.7 Å². The van der Waals surface area contributed by atoms with Crippen molar-refractivity contribution < 1.29 is 22.8 Å². The maximum absolute atomic E-state index is 13.2. The van der Waals surface area contributed by atoms with Crippen LogP contribution in [0.2, 0.25) is 0 Å². The highest BCUT2D eigenvalue weighted by Crippen LogP contribution is 2.65. The molecule has 1 saturated heterocycles. The lowest BCUT2D eigenvalue weighted by Crippen LogP contribution is -2.82. The summed E-state index contributed by atoms with van der Waals surface area (Å²) in [4.78, 5) is 34.5. The SMILES string of the molecule is CCCC(=O)NC1(N2CCN(c3ccc(C(F)(F)F)cn3)CC2)C2CC3CC(C2)CC1(C(N)=O)C3. The van der Waals surface area contributed by atoms with Gasteiger partial charge in [-0.15, -0.1) is 0 Å². The standard InChI is InChI=1S/C25H34F3N5O2/c1-2-3-21(34)31-24(19-11-16-10-17(12-19)14-23(24,13-16)22(29)35)33-8-6-32(7-9-33)20-5-4-18(15-30-20)25(26,27)28/h4-5,15-17,19H,2-3,6-14H2,1H3,(H2,29,35)(H,31,34). The Kier molecular flexibility index (Phi) is 6.01. The fourth-order valence-corrected chi connectivity index (χ4v) is 7.79. The quantitative estimate of drug-likeness (QED) is 0.635. The molecule has 192 valence electrons. The van der Waals surface area contributed by atoms with Gasteiger partial charge in [0.25, 0.3) is 0 Å². The summed E-state index contributed by atoms with van der Waals surface area (Å²) in [6, 6.07) is 2.46. The molecule has 0 radical (unpaired) electrons. The van der Waals surface area contributed by atoms with E-state index in [4.69, 9.17) is 5.73 Å². The van der Waals surface area contributed by atoms with E-state index >= 15 is 0 Å². The minimum atomic E-state index is -4.42. The number of nitrogens with one attached hydrogen (secondary N) is 1. The fourth-order valence-electron chi connectivity index (χ4n) is 7.79. The lowest BCUT2D eigenvalue weighted by atomic mass is 9.43. The smallest absolute Gasteiger partial charge is 0.369 e. The summed E-state index contributed by atoms with van der Waals surface area (Å²) in [5.74, 6) is 1.23. The van der Waals surface area contributed by atoms with Crippen molar-refractivity contribution in [2.24, 2.45) is 28.9 Å². The minimum absolute atomic E-state index is 0.0487. The molecule has 4 saturated carbocycles. The van der Waals surface area contributed by atoms with Crippen LogP contribution in [0.3, 0.4) is 0 Å².